The van der Waals surface area contributed by atoms with Crippen molar-refractivity contribution < 1.29 is 14.3 Å². The van der Waals surface area contributed by atoms with Gasteiger partial charge in [0, 0.05) is 17.8 Å². The molecular formula is C20H27N3O3. The van der Waals surface area contributed by atoms with Crippen LogP contribution in [0.1, 0.15) is 45.5 Å². The van der Waals surface area contributed by atoms with E-state index < -0.39 is 5.60 Å². The number of hydrogen-bond donors (Lipinski definition) is 0. The van der Waals surface area contributed by atoms with Gasteiger partial charge in [-0.05, 0) is 70.9 Å². The third-order valence-corrected chi connectivity index (χ3v) is 4.44. The van der Waals surface area contributed by atoms with E-state index in [1.54, 1.807) is 12.0 Å². The molecule has 0 aliphatic carbocycles. The van der Waals surface area contributed by atoms with Gasteiger partial charge in [0.25, 0.3) is 0 Å². The first kappa shape index (κ1) is 18.3. The predicted octanol–water partition coefficient (Wildman–Crippen LogP) is 4.40. The van der Waals surface area contributed by atoms with E-state index in [9.17, 15) is 4.79 Å². The van der Waals surface area contributed by atoms with Crippen LogP contribution in [0.2, 0.25) is 0 Å². The average molecular weight is 357 g/mol. The van der Waals surface area contributed by atoms with Gasteiger partial charge in [-0.2, -0.15) is 5.10 Å². The molecule has 1 atom stereocenters. The van der Waals surface area contributed by atoms with Crippen molar-refractivity contribution in [1.29, 1.82) is 0 Å². The molecule has 0 saturated carbocycles. The molecule has 1 amide bonds. The smallest absolute Gasteiger partial charge is 0.411 e. The molecule has 1 fully saturated rings. The number of aryl methyl sites for hydroxylation is 1. The third kappa shape index (κ3) is 3.84. The molecule has 6 heteroatoms. The van der Waals surface area contributed by atoms with E-state index in [1.165, 1.54) is 0 Å². The molecular weight excluding hydrogens is 330 g/mol. The molecule has 1 aromatic heterocycles. The molecule has 1 aliphatic rings. The van der Waals surface area contributed by atoms with Crippen molar-refractivity contribution in [3.8, 4) is 17.0 Å². The number of methoxy groups -OCH3 is 1. The van der Waals surface area contributed by atoms with E-state index >= 15 is 0 Å². The summed E-state index contributed by atoms with van der Waals surface area (Å²) in [5.41, 5.74) is 2.43. The number of carbonyl (C=O) groups excluding carboxylic acids is 1. The highest BCUT2D eigenvalue weighted by Crippen LogP contribution is 2.31. The second-order valence-electron chi connectivity index (χ2n) is 7.64. The molecule has 140 valence electrons. The molecule has 0 spiro atoms. The molecule has 0 radical (unpaired) electrons. The maximum absolute atomic E-state index is 12.6. The Bertz CT molecular complexity index is 775. The zero-order valence-corrected chi connectivity index (χ0v) is 16.2. The molecule has 0 N–H and O–H groups in total. The van der Waals surface area contributed by atoms with Crippen molar-refractivity contribution >= 4 is 6.09 Å². The topological polar surface area (TPSA) is 56.6 Å². The predicted molar refractivity (Wildman–Crippen MR) is 100 cm³/mol. The van der Waals surface area contributed by atoms with Crippen LogP contribution in [0, 0.1) is 6.92 Å². The van der Waals surface area contributed by atoms with Gasteiger partial charge in [-0.15, -0.1) is 0 Å². The van der Waals surface area contributed by atoms with Crippen molar-refractivity contribution in [2.24, 2.45) is 0 Å². The van der Waals surface area contributed by atoms with Gasteiger partial charge in [-0.1, -0.05) is 0 Å². The lowest BCUT2D eigenvalue weighted by atomic mass is 10.1. The van der Waals surface area contributed by atoms with Gasteiger partial charge in [0.15, 0.2) is 0 Å². The van der Waals surface area contributed by atoms with Crippen LogP contribution in [0.5, 0.6) is 5.75 Å². The third-order valence-electron chi connectivity index (χ3n) is 4.44. The molecule has 2 aromatic rings. The molecule has 0 bridgehead atoms. The number of aromatic nitrogens is 2. The zero-order valence-electron chi connectivity index (χ0n) is 16.2. The zero-order chi connectivity index (χ0) is 18.9. The Morgan fingerprint density at radius 1 is 1.23 bits per heavy atom. The quantitative estimate of drug-likeness (QED) is 0.817. The summed E-state index contributed by atoms with van der Waals surface area (Å²) in [6.45, 7) is 8.37. The van der Waals surface area contributed by atoms with Crippen molar-refractivity contribution in [3.63, 3.8) is 0 Å². The minimum atomic E-state index is -0.502. The van der Waals surface area contributed by atoms with Crippen LogP contribution in [0.15, 0.2) is 30.3 Å². The summed E-state index contributed by atoms with van der Waals surface area (Å²) in [4.78, 5) is 14.3. The van der Waals surface area contributed by atoms with Crippen LogP contribution in [0.25, 0.3) is 11.3 Å². The van der Waals surface area contributed by atoms with E-state index in [2.05, 4.69) is 0 Å². The molecule has 1 aliphatic heterocycles. The minimum absolute atomic E-state index is 0.100. The number of hydrogen-bond acceptors (Lipinski definition) is 4. The standard InChI is InChI=1S/C20H27N3O3/c1-14-13-17(15-8-10-16(25-5)11-9-15)21-23(14)18-7-6-12-22(18)19(24)26-20(2,3)4/h8-11,13,18H,6-7,12H2,1-5H3/t18-/m1/s1. The lowest BCUT2D eigenvalue weighted by Gasteiger charge is -2.29. The first-order chi connectivity index (χ1) is 12.3. The Hall–Kier alpha value is -2.50. The number of rotatable bonds is 3. The van der Waals surface area contributed by atoms with Crippen LogP contribution >= 0.6 is 0 Å². The van der Waals surface area contributed by atoms with Gasteiger partial charge in [-0.25, -0.2) is 9.48 Å². The van der Waals surface area contributed by atoms with Crippen molar-refractivity contribution in [3.05, 3.63) is 36.0 Å². The normalized spacial score (nSPS) is 17.4. The van der Waals surface area contributed by atoms with Gasteiger partial charge in [0.1, 0.15) is 17.5 Å². The molecule has 2 heterocycles. The first-order valence-electron chi connectivity index (χ1n) is 8.99. The summed E-state index contributed by atoms with van der Waals surface area (Å²) in [5.74, 6) is 0.816. The molecule has 26 heavy (non-hydrogen) atoms. The van der Waals surface area contributed by atoms with Crippen molar-refractivity contribution in [2.75, 3.05) is 13.7 Å². The lowest BCUT2D eigenvalue weighted by molar-refractivity contribution is 0.0147. The highest BCUT2D eigenvalue weighted by Gasteiger charge is 2.34. The van der Waals surface area contributed by atoms with Crippen molar-refractivity contribution in [2.45, 2.75) is 52.3 Å². The number of likely N-dealkylation sites (tertiary alicyclic amines) is 1. The van der Waals surface area contributed by atoms with Crippen LogP contribution < -0.4 is 4.74 Å². The Labute approximate surface area is 154 Å². The summed E-state index contributed by atoms with van der Waals surface area (Å²) in [6, 6.07) is 9.88. The molecule has 0 unspecified atom stereocenters. The van der Waals surface area contributed by atoms with Gasteiger partial charge < -0.3 is 9.47 Å². The highest BCUT2D eigenvalue weighted by molar-refractivity contribution is 5.68. The summed E-state index contributed by atoms with van der Waals surface area (Å²) in [6.07, 6.45) is 1.45. The lowest BCUT2D eigenvalue weighted by Crippen LogP contribution is -2.38. The maximum atomic E-state index is 12.6. The minimum Gasteiger partial charge on any atom is -0.497 e. The number of benzene rings is 1. The number of ether oxygens (including phenoxy) is 2. The monoisotopic (exact) mass is 357 g/mol. The van der Waals surface area contributed by atoms with Gasteiger partial charge in [-0.3, -0.25) is 4.90 Å². The second-order valence-corrected chi connectivity index (χ2v) is 7.64. The largest absolute Gasteiger partial charge is 0.497 e. The average Bonchev–Trinajstić information content (AvgIpc) is 3.19. The molecule has 3 rings (SSSR count). The fraction of sp³-hybridized carbons (Fsp3) is 0.500. The SMILES string of the molecule is COc1ccc(-c2cc(C)n([C@@H]3CCCN3C(=O)OC(C)(C)C)n2)cc1. The number of nitrogens with zero attached hydrogens (tertiary/aromatic N) is 3. The maximum Gasteiger partial charge on any atom is 0.411 e. The first-order valence-corrected chi connectivity index (χ1v) is 8.99. The van der Waals surface area contributed by atoms with Gasteiger partial charge in [0.05, 0.1) is 12.8 Å². The van der Waals surface area contributed by atoms with E-state index in [0.717, 1.165) is 35.5 Å². The second kappa shape index (κ2) is 7.02. The fourth-order valence-corrected chi connectivity index (χ4v) is 3.23. The molecule has 1 aromatic carbocycles. The molecule has 6 nitrogen and oxygen atoms in total. The Morgan fingerprint density at radius 3 is 2.54 bits per heavy atom. The fourth-order valence-electron chi connectivity index (χ4n) is 3.23. The van der Waals surface area contributed by atoms with Crippen LogP contribution in [0.4, 0.5) is 4.79 Å². The Morgan fingerprint density at radius 2 is 1.92 bits per heavy atom. The summed E-state index contributed by atoms with van der Waals surface area (Å²) >= 11 is 0. The van der Waals surface area contributed by atoms with Gasteiger partial charge in [0.2, 0.25) is 0 Å². The van der Waals surface area contributed by atoms with Crippen LogP contribution in [-0.2, 0) is 4.74 Å². The summed E-state index contributed by atoms with van der Waals surface area (Å²) < 4.78 is 12.7. The van der Waals surface area contributed by atoms with Crippen LogP contribution in [-0.4, -0.2) is 40.0 Å². The highest BCUT2D eigenvalue weighted by atomic mass is 16.6. The van der Waals surface area contributed by atoms with Crippen LogP contribution in [0.3, 0.4) is 0 Å². The Kier molecular flexibility index (Phi) is 4.94. The van der Waals surface area contributed by atoms with E-state index in [1.807, 2.05) is 62.7 Å². The Balaban J connectivity index is 1.84. The van der Waals surface area contributed by atoms with E-state index in [-0.39, 0.29) is 12.3 Å². The summed E-state index contributed by atoms with van der Waals surface area (Å²) in [5, 5.41) is 4.77. The molecule has 1 saturated heterocycles. The summed E-state index contributed by atoms with van der Waals surface area (Å²) in [7, 11) is 1.65. The van der Waals surface area contributed by atoms with Crippen molar-refractivity contribution in [1.82, 2.24) is 14.7 Å². The number of carbonyl (C=O) groups is 1. The number of amides is 1. The van der Waals surface area contributed by atoms with E-state index in [4.69, 9.17) is 14.6 Å². The van der Waals surface area contributed by atoms with Gasteiger partial charge >= 0.3 is 6.09 Å². The van der Waals surface area contributed by atoms with E-state index in [0.29, 0.717) is 6.54 Å².